The minimum atomic E-state index is -0.426. The number of halogens is 1. The number of nitrogens with zero attached hydrogens (tertiary/aromatic N) is 2. The summed E-state index contributed by atoms with van der Waals surface area (Å²) in [5.74, 6) is -0.672. The van der Waals surface area contributed by atoms with E-state index in [0.717, 1.165) is 5.56 Å². The molecule has 148 valence electrons. The van der Waals surface area contributed by atoms with Crippen LogP contribution in [0.2, 0.25) is 0 Å². The fourth-order valence-corrected chi connectivity index (χ4v) is 3.70. The number of aryl methyl sites for hydroxylation is 1. The molecule has 1 aliphatic heterocycles. The molecule has 0 saturated carbocycles. The van der Waals surface area contributed by atoms with Crippen molar-refractivity contribution in [2.75, 3.05) is 11.9 Å². The molecule has 0 spiro atoms. The second-order valence-corrected chi connectivity index (χ2v) is 7.77. The van der Waals surface area contributed by atoms with Crippen LogP contribution in [0.5, 0.6) is 0 Å². The summed E-state index contributed by atoms with van der Waals surface area (Å²) >= 11 is 0. The van der Waals surface area contributed by atoms with E-state index in [1.165, 1.54) is 6.07 Å². The number of hydrogen-bond acceptors (Lipinski definition) is 3. The van der Waals surface area contributed by atoms with Crippen LogP contribution >= 0.6 is 0 Å². The molecule has 1 aromatic carbocycles. The third kappa shape index (κ3) is 4.38. The minimum absolute atomic E-state index is 0.0491. The number of pyridine rings is 1. The average Bonchev–Trinajstić information content (AvgIpc) is 2.66. The number of carbonyl (C=O) groups excluding carboxylic acids is 2. The van der Waals surface area contributed by atoms with Crippen molar-refractivity contribution in [3.05, 3.63) is 59.7 Å². The summed E-state index contributed by atoms with van der Waals surface area (Å²) in [7, 11) is 0. The van der Waals surface area contributed by atoms with Crippen LogP contribution in [0.1, 0.15) is 43.9 Å². The van der Waals surface area contributed by atoms with Gasteiger partial charge in [-0.1, -0.05) is 26.0 Å². The Morgan fingerprint density at radius 2 is 2.14 bits per heavy atom. The molecule has 0 radical (unpaired) electrons. The van der Waals surface area contributed by atoms with Gasteiger partial charge in [-0.2, -0.15) is 0 Å². The summed E-state index contributed by atoms with van der Waals surface area (Å²) in [6.45, 7) is 6.34. The molecule has 2 amide bonds. The van der Waals surface area contributed by atoms with E-state index in [0.29, 0.717) is 30.6 Å². The molecule has 2 aromatic rings. The number of piperidine rings is 1. The molecule has 2 atom stereocenters. The van der Waals surface area contributed by atoms with Gasteiger partial charge in [0.15, 0.2) is 0 Å². The molecule has 28 heavy (non-hydrogen) atoms. The normalized spacial score (nSPS) is 19.8. The Balaban J connectivity index is 1.90. The topological polar surface area (TPSA) is 62.3 Å². The van der Waals surface area contributed by atoms with Gasteiger partial charge in [-0.3, -0.25) is 14.6 Å². The van der Waals surface area contributed by atoms with Gasteiger partial charge in [0.1, 0.15) is 5.82 Å². The van der Waals surface area contributed by atoms with Gasteiger partial charge in [0.05, 0.1) is 12.0 Å². The van der Waals surface area contributed by atoms with Crippen LogP contribution in [-0.2, 0) is 9.59 Å². The lowest BCUT2D eigenvalue weighted by Gasteiger charge is -2.41. The van der Waals surface area contributed by atoms with Crippen molar-refractivity contribution in [3.63, 3.8) is 0 Å². The molecular weight excluding hydrogens is 357 g/mol. The highest BCUT2D eigenvalue weighted by atomic mass is 19.1. The standard InChI is InChI=1S/C22H26FN3O2/c1-14(2)13-26-20(27)9-8-18(21(26)16-5-4-10-24-12-16)22(28)25-17-7-6-15(3)19(23)11-17/h4-7,10-12,14,18,21H,8-9,13H2,1-3H3,(H,25,28)/t18-,21+/m1/s1. The molecule has 1 aliphatic rings. The summed E-state index contributed by atoms with van der Waals surface area (Å²) in [6.07, 6.45) is 4.16. The number of carbonyl (C=O) groups is 2. The first kappa shape index (κ1) is 20.0. The molecule has 6 heteroatoms. The van der Waals surface area contributed by atoms with E-state index >= 15 is 0 Å². The molecule has 1 fully saturated rings. The molecule has 0 unspecified atom stereocenters. The van der Waals surface area contributed by atoms with Gasteiger partial charge in [-0.25, -0.2) is 4.39 Å². The highest BCUT2D eigenvalue weighted by molar-refractivity contribution is 5.94. The Bertz CT molecular complexity index is 854. The maximum atomic E-state index is 13.9. The second-order valence-electron chi connectivity index (χ2n) is 7.77. The van der Waals surface area contributed by atoms with Crippen molar-refractivity contribution >= 4 is 17.5 Å². The van der Waals surface area contributed by atoms with Crippen LogP contribution in [0.25, 0.3) is 0 Å². The van der Waals surface area contributed by atoms with Crippen molar-refractivity contribution in [3.8, 4) is 0 Å². The highest BCUT2D eigenvalue weighted by Crippen LogP contribution is 2.37. The number of hydrogen-bond donors (Lipinski definition) is 1. The zero-order valence-electron chi connectivity index (χ0n) is 16.5. The van der Waals surface area contributed by atoms with E-state index in [-0.39, 0.29) is 29.6 Å². The molecule has 1 N–H and O–H groups in total. The molecule has 2 heterocycles. The van der Waals surface area contributed by atoms with Gasteiger partial charge < -0.3 is 10.2 Å². The average molecular weight is 383 g/mol. The summed E-state index contributed by atoms with van der Waals surface area (Å²) in [5.41, 5.74) is 1.79. The minimum Gasteiger partial charge on any atom is -0.335 e. The van der Waals surface area contributed by atoms with Gasteiger partial charge in [0.25, 0.3) is 0 Å². The van der Waals surface area contributed by atoms with Crippen LogP contribution in [-0.4, -0.2) is 28.2 Å². The van der Waals surface area contributed by atoms with Gasteiger partial charge in [-0.05, 0) is 48.6 Å². The van der Waals surface area contributed by atoms with E-state index in [2.05, 4.69) is 10.3 Å². The monoisotopic (exact) mass is 383 g/mol. The molecule has 1 aromatic heterocycles. The Hall–Kier alpha value is -2.76. The summed E-state index contributed by atoms with van der Waals surface area (Å²) < 4.78 is 13.9. The lowest BCUT2D eigenvalue weighted by Crippen LogP contribution is -2.48. The van der Waals surface area contributed by atoms with Crippen molar-refractivity contribution in [2.45, 2.75) is 39.7 Å². The fourth-order valence-electron chi connectivity index (χ4n) is 3.70. The number of amides is 2. The third-order valence-electron chi connectivity index (χ3n) is 5.07. The van der Waals surface area contributed by atoms with Crippen molar-refractivity contribution in [2.24, 2.45) is 11.8 Å². The van der Waals surface area contributed by atoms with E-state index in [1.54, 1.807) is 36.4 Å². The van der Waals surface area contributed by atoms with Crippen molar-refractivity contribution in [1.29, 1.82) is 0 Å². The number of nitrogens with one attached hydrogen (secondary N) is 1. The molecule has 1 saturated heterocycles. The number of benzene rings is 1. The SMILES string of the molecule is Cc1ccc(NC(=O)[C@@H]2CCC(=O)N(CC(C)C)[C@H]2c2cccnc2)cc1F. The molecular formula is C22H26FN3O2. The lowest BCUT2D eigenvalue weighted by atomic mass is 9.83. The maximum Gasteiger partial charge on any atom is 0.229 e. The second kappa shape index (κ2) is 8.50. The van der Waals surface area contributed by atoms with Gasteiger partial charge in [-0.15, -0.1) is 0 Å². The predicted octanol–water partition coefficient (Wildman–Crippen LogP) is 4.10. The number of likely N-dealkylation sites (tertiary alicyclic amines) is 1. The van der Waals surface area contributed by atoms with Crippen LogP contribution in [0.3, 0.4) is 0 Å². The van der Waals surface area contributed by atoms with Crippen molar-refractivity contribution in [1.82, 2.24) is 9.88 Å². The number of anilines is 1. The molecule has 0 aliphatic carbocycles. The Morgan fingerprint density at radius 1 is 1.36 bits per heavy atom. The van der Waals surface area contributed by atoms with Gasteiger partial charge in [0.2, 0.25) is 11.8 Å². The molecule has 0 bridgehead atoms. The number of rotatable bonds is 5. The zero-order chi connectivity index (χ0) is 20.3. The summed E-state index contributed by atoms with van der Waals surface area (Å²) in [5, 5.41) is 2.83. The summed E-state index contributed by atoms with van der Waals surface area (Å²) in [6, 6.07) is 7.98. The Kier molecular flexibility index (Phi) is 6.07. The summed E-state index contributed by atoms with van der Waals surface area (Å²) in [4.78, 5) is 31.7. The quantitative estimate of drug-likeness (QED) is 0.845. The van der Waals surface area contributed by atoms with E-state index < -0.39 is 5.92 Å². The predicted molar refractivity (Wildman–Crippen MR) is 106 cm³/mol. The Morgan fingerprint density at radius 3 is 2.79 bits per heavy atom. The van der Waals surface area contributed by atoms with Crippen LogP contribution in [0.15, 0.2) is 42.7 Å². The smallest absolute Gasteiger partial charge is 0.229 e. The highest BCUT2D eigenvalue weighted by Gasteiger charge is 2.40. The van der Waals surface area contributed by atoms with E-state index in [4.69, 9.17) is 0 Å². The van der Waals surface area contributed by atoms with Gasteiger partial charge in [0, 0.05) is 31.0 Å². The van der Waals surface area contributed by atoms with Crippen LogP contribution in [0, 0.1) is 24.6 Å². The first-order valence-corrected chi connectivity index (χ1v) is 9.63. The van der Waals surface area contributed by atoms with Gasteiger partial charge >= 0.3 is 0 Å². The van der Waals surface area contributed by atoms with E-state index in [9.17, 15) is 14.0 Å². The van der Waals surface area contributed by atoms with Crippen LogP contribution < -0.4 is 5.32 Å². The largest absolute Gasteiger partial charge is 0.335 e. The zero-order valence-corrected chi connectivity index (χ0v) is 16.5. The first-order valence-electron chi connectivity index (χ1n) is 9.63. The van der Waals surface area contributed by atoms with Crippen LogP contribution in [0.4, 0.5) is 10.1 Å². The lowest BCUT2D eigenvalue weighted by molar-refractivity contribution is -0.142. The molecule has 3 rings (SSSR count). The molecule has 5 nitrogen and oxygen atoms in total. The first-order chi connectivity index (χ1) is 13.4. The maximum absolute atomic E-state index is 13.9. The van der Waals surface area contributed by atoms with Crippen molar-refractivity contribution < 1.29 is 14.0 Å². The van der Waals surface area contributed by atoms with E-state index in [1.807, 2.05) is 26.0 Å². The Labute approximate surface area is 165 Å². The fraction of sp³-hybridized carbons (Fsp3) is 0.409. The third-order valence-corrected chi connectivity index (χ3v) is 5.07. The number of aromatic nitrogens is 1.